The maximum atomic E-state index is 12.9. The van der Waals surface area contributed by atoms with Crippen LogP contribution >= 0.6 is 22.9 Å². The molecule has 2 saturated heterocycles. The van der Waals surface area contributed by atoms with Gasteiger partial charge in [-0.15, -0.1) is 11.3 Å². The van der Waals surface area contributed by atoms with E-state index in [-0.39, 0.29) is 11.8 Å². The highest BCUT2D eigenvalue weighted by Crippen LogP contribution is 2.25. The van der Waals surface area contributed by atoms with Crippen LogP contribution in [0, 0.1) is 0 Å². The second-order valence-corrected chi connectivity index (χ2v) is 10.6. The topological polar surface area (TPSA) is 87.2 Å². The predicted molar refractivity (Wildman–Crippen MR) is 112 cm³/mol. The van der Waals surface area contributed by atoms with Gasteiger partial charge in [0.1, 0.15) is 12.1 Å². The van der Waals surface area contributed by atoms with Gasteiger partial charge >= 0.3 is 0 Å². The summed E-state index contributed by atoms with van der Waals surface area (Å²) < 4.78 is 32.2. The number of ether oxygens (including phenoxy) is 1. The molecule has 0 aromatic carbocycles. The minimum atomic E-state index is -3.80. The Bertz CT molecular complexity index is 895. The van der Waals surface area contributed by atoms with Crippen LogP contribution in [0.5, 0.6) is 0 Å². The summed E-state index contributed by atoms with van der Waals surface area (Å²) in [6.07, 6.45) is 1.80. The van der Waals surface area contributed by atoms with E-state index >= 15 is 0 Å². The van der Waals surface area contributed by atoms with E-state index in [1.165, 1.54) is 29.4 Å². The number of morpholine rings is 1. The summed E-state index contributed by atoms with van der Waals surface area (Å²) in [5.74, 6) is -0.486. The van der Waals surface area contributed by atoms with E-state index in [4.69, 9.17) is 16.3 Å². The number of halogens is 1. The van der Waals surface area contributed by atoms with Gasteiger partial charge in [-0.25, -0.2) is 8.42 Å². The maximum absolute atomic E-state index is 12.9. The van der Waals surface area contributed by atoms with Crippen LogP contribution in [0.15, 0.2) is 17.5 Å². The van der Waals surface area contributed by atoms with E-state index < -0.39 is 22.1 Å². The molecule has 0 unspecified atom stereocenters. The first kappa shape index (κ1) is 22.2. The average Bonchev–Trinajstić information content (AvgIpc) is 3.30. The molecule has 0 spiro atoms. The van der Waals surface area contributed by atoms with Crippen molar-refractivity contribution in [1.29, 1.82) is 0 Å². The van der Waals surface area contributed by atoms with Crippen LogP contribution < -0.4 is 0 Å². The smallest absolute Gasteiger partial charge is 0.245 e. The summed E-state index contributed by atoms with van der Waals surface area (Å²) >= 11 is 7.12. The monoisotopic (exact) mass is 461 g/mol. The van der Waals surface area contributed by atoms with Gasteiger partial charge in [0.05, 0.1) is 17.6 Å². The van der Waals surface area contributed by atoms with Crippen molar-refractivity contribution in [2.75, 3.05) is 39.9 Å². The lowest BCUT2D eigenvalue weighted by Gasteiger charge is -2.33. The van der Waals surface area contributed by atoms with Crippen LogP contribution in [0.3, 0.4) is 0 Å². The van der Waals surface area contributed by atoms with Gasteiger partial charge in [-0.05, 0) is 31.6 Å². The number of likely N-dealkylation sites (N-methyl/N-ethyl adjacent to an activating group) is 1. The molecule has 0 N–H and O–H groups in total. The highest BCUT2D eigenvalue weighted by Gasteiger charge is 2.42. The van der Waals surface area contributed by atoms with Gasteiger partial charge in [-0.2, -0.15) is 4.31 Å². The fraction of sp³-hybridized carbons (Fsp3) is 0.556. The average molecular weight is 462 g/mol. The van der Waals surface area contributed by atoms with E-state index in [1.54, 1.807) is 24.0 Å². The number of thiophene rings is 1. The van der Waals surface area contributed by atoms with Gasteiger partial charge in [0, 0.05) is 37.0 Å². The summed E-state index contributed by atoms with van der Waals surface area (Å²) in [4.78, 5) is 29.4. The Balaban J connectivity index is 1.66. The molecular formula is C18H24ClN3O5S2. The molecule has 11 heteroatoms. The SMILES string of the molecule is C[C@@H](C(=O)N1CCOCC1)N1CC[C@H](N(C)S(=O)(=O)/C=C/c2ccc(Cl)s2)C1=O. The molecule has 0 saturated carbocycles. The molecule has 2 amide bonds. The van der Waals surface area contributed by atoms with Gasteiger partial charge in [-0.1, -0.05) is 11.6 Å². The van der Waals surface area contributed by atoms with Crippen molar-refractivity contribution in [3.63, 3.8) is 0 Å². The van der Waals surface area contributed by atoms with Gasteiger partial charge in [-0.3, -0.25) is 9.59 Å². The fourth-order valence-corrected chi connectivity index (χ4v) is 5.54. The number of rotatable bonds is 6. The summed E-state index contributed by atoms with van der Waals surface area (Å²) in [5.41, 5.74) is 0. The van der Waals surface area contributed by atoms with Crippen LogP contribution in [-0.4, -0.2) is 86.3 Å². The van der Waals surface area contributed by atoms with Crippen LogP contribution in [0.25, 0.3) is 6.08 Å². The third kappa shape index (κ3) is 5.00. The van der Waals surface area contributed by atoms with Crippen molar-refractivity contribution in [2.45, 2.75) is 25.4 Å². The van der Waals surface area contributed by atoms with E-state index in [1.807, 2.05) is 0 Å². The molecule has 2 aliphatic rings. The number of carbonyl (C=O) groups is 2. The van der Waals surface area contributed by atoms with Crippen LogP contribution in [0.2, 0.25) is 4.34 Å². The highest BCUT2D eigenvalue weighted by atomic mass is 35.5. The van der Waals surface area contributed by atoms with Crippen molar-refractivity contribution in [3.8, 4) is 0 Å². The Labute approximate surface area is 179 Å². The number of carbonyl (C=O) groups excluding carboxylic acids is 2. The standard InChI is InChI=1S/C18H24ClN3O5S2/c1-13(17(23)21-8-10-27-11-9-21)22-7-5-15(18(22)24)20(2)29(25,26)12-6-14-3-4-16(19)28-14/h3-4,6,12-13,15H,5,7-11H2,1-2H3/b12-6+/t13-,15-/m0/s1. The molecule has 8 nitrogen and oxygen atoms in total. The second-order valence-electron chi connectivity index (χ2n) is 6.96. The minimum absolute atomic E-state index is 0.137. The maximum Gasteiger partial charge on any atom is 0.245 e. The second kappa shape index (κ2) is 9.13. The molecular weight excluding hydrogens is 438 g/mol. The van der Waals surface area contributed by atoms with Crippen molar-refractivity contribution in [3.05, 3.63) is 26.8 Å². The molecule has 1 aromatic heterocycles. The lowest BCUT2D eigenvalue weighted by atomic mass is 10.2. The number of nitrogens with zero attached hydrogens (tertiary/aromatic N) is 3. The zero-order valence-electron chi connectivity index (χ0n) is 16.3. The number of amides is 2. The van der Waals surface area contributed by atoms with Gasteiger partial charge in [0.15, 0.2) is 0 Å². The molecule has 2 aliphatic heterocycles. The molecule has 2 fully saturated rings. The third-order valence-electron chi connectivity index (χ3n) is 5.20. The molecule has 0 radical (unpaired) electrons. The summed E-state index contributed by atoms with van der Waals surface area (Å²) in [5, 5.41) is 1.08. The zero-order valence-corrected chi connectivity index (χ0v) is 18.7. The fourth-order valence-electron chi connectivity index (χ4n) is 3.43. The summed E-state index contributed by atoms with van der Waals surface area (Å²) in [6.45, 7) is 3.99. The molecule has 0 aliphatic carbocycles. The first-order chi connectivity index (χ1) is 13.7. The Kier molecular flexibility index (Phi) is 7.00. The molecule has 3 heterocycles. The van der Waals surface area contributed by atoms with E-state index in [0.29, 0.717) is 48.5 Å². The quantitative estimate of drug-likeness (QED) is 0.640. The van der Waals surface area contributed by atoms with Gasteiger partial charge in [0.25, 0.3) is 0 Å². The lowest BCUT2D eigenvalue weighted by molar-refractivity contribution is -0.146. The largest absolute Gasteiger partial charge is 0.378 e. The van der Waals surface area contributed by atoms with Crippen molar-refractivity contribution >= 4 is 50.9 Å². The molecule has 0 bridgehead atoms. The Morgan fingerprint density at radius 3 is 2.66 bits per heavy atom. The number of hydrogen-bond acceptors (Lipinski definition) is 6. The minimum Gasteiger partial charge on any atom is -0.378 e. The number of likely N-dealkylation sites (tertiary alicyclic amines) is 1. The highest BCUT2D eigenvalue weighted by molar-refractivity contribution is 7.92. The number of hydrogen-bond donors (Lipinski definition) is 0. The van der Waals surface area contributed by atoms with Gasteiger partial charge < -0.3 is 14.5 Å². The lowest BCUT2D eigenvalue weighted by Crippen LogP contribution is -2.52. The molecule has 1 aromatic rings. The van der Waals surface area contributed by atoms with E-state index in [2.05, 4.69) is 0 Å². The predicted octanol–water partition coefficient (Wildman–Crippen LogP) is 1.48. The Hall–Kier alpha value is -1.46. The third-order valence-corrected chi connectivity index (χ3v) is 7.93. The summed E-state index contributed by atoms with van der Waals surface area (Å²) in [6, 6.07) is 1.95. The van der Waals surface area contributed by atoms with Crippen molar-refractivity contribution in [2.24, 2.45) is 0 Å². The number of sulfonamides is 1. The first-order valence-corrected chi connectivity index (χ1v) is 12.0. The first-order valence-electron chi connectivity index (χ1n) is 9.29. The zero-order chi connectivity index (χ0) is 21.2. The normalized spacial score (nSPS) is 22.1. The van der Waals surface area contributed by atoms with E-state index in [0.717, 1.165) is 9.71 Å². The summed E-state index contributed by atoms with van der Waals surface area (Å²) in [7, 11) is -2.41. The van der Waals surface area contributed by atoms with Gasteiger partial charge in [0.2, 0.25) is 21.8 Å². The van der Waals surface area contributed by atoms with Crippen molar-refractivity contribution < 1.29 is 22.7 Å². The van der Waals surface area contributed by atoms with E-state index in [9.17, 15) is 18.0 Å². The Morgan fingerprint density at radius 1 is 1.34 bits per heavy atom. The molecule has 29 heavy (non-hydrogen) atoms. The molecule has 2 atom stereocenters. The van der Waals surface area contributed by atoms with Crippen LogP contribution in [0.1, 0.15) is 18.2 Å². The Morgan fingerprint density at radius 2 is 2.03 bits per heavy atom. The van der Waals surface area contributed by atoms with Crippen LogP contribution in [-0.2, 0) is 24.3 Å². The molecule has 3 rings (SSSR count). The van der Waals surface area contributed by atoms with Crippen LogP contribution in [0.4, 0.5) is 0 Å². The molecule has 160 valence electrons. The van der Waals surface area contributed by atoms with Crippen molar-refractivity contribution in [1.82, 2.24) is 14.1 Å².